The molecule has 1 heterocycles. The highest BCUT2D eigenvalue weighted by molar-refractivity contribution is 6.78. The van der Waals surface area contributed by atoms with Crippen LogP contribution in [0.3, 0.4) is 0 Å². The molecule has 0 aromatic heterocycles. The van der Waals surface area contributed by atoms with Gasteiger partial charge in [0.05, 0.1) is 0 Å². The van der Waals surface area contributed by atoms with Gasteiger partial charge in [-0.1, -0.05) is 6.42 Å². The van der Waals surface area contributed by atoms with E-state index in [1.54, 1.807) is 21.3 Å². The van der Waals surface area contributed by atoms with Gasteiger partial charge in [0.25, 0.3) is 0 Å². The SMILES string of the molecule is CO[SiH]1O[SiH](OC)O[Si](OC)(C2CCC2)O1. The Labute approximate surface area is 100 Å². The lowest BCUT2D eigenvalue weighted by molar-refractivity contribution is 0.0600. The van der Waals surface area contributed by atoms with Gasteiger partial charge >= 0.3 is 27.9 Å². The van der Waals surface area contributed by atoms with E-state index in [9.17, 15) is 0 Å². The van der Waals surface area contributed by atoms with Crippen LogP contribution in [0.15, 0.2) is 0 Å². The van der Waals surface area contributed by atoms with Crippen molar-refractivity contribution in [2.75, 3.05) is 21.3 Å². The molecule has 0 aromatic carbocycles. The van der Waals surface area contributed by atoms with Crippen molar-refractivity contribution in [3.8, 4) is 0 Å². The molecule has 2 unspecified atom stereocenters. The second-order valence-corrected chi connectivity index (χ2v) is 11.4. The average Bonchev–Trinajstić information content (AvgIpc) is 2.26. The summed E-state index contributed by atoms with van der Waals surface area (Å²) in [6, 6.07) is 0. The van der Waals surface area contributed by atoms with Crippen LogP contribution in [0.5, 0.6) is 0 Å². The van der Waals surface area contributed by atoms with Crippen LogP contribution in [0.1, 0.15) is 19.3 Å². The van der Waals surface area contributed by atoms with E-state index < -0.39 is 27.9 Å². The van der Waals surface area contributed by atoms with Crippen molar-refractivity contribution < 1.29 is 25.6 Å². The summed E-state index contributed by atoms with van der Waals surface area (Å²) in [6.45, 7) is 0. The second-order valence-electron chi connectivity index (χ2n) is 3.86. The molecule has 9 heteroatoms. The standard InChI is InChI=1S/C7H18O6Si3/c1-8-14-11-15(9-2)13-16(10-3,12-14)7-5-4-6-7/h7,14-15H,4-6H2,1-3H3. The zero-order chi connectivity index (χ0) is 11.6. The van der Waals surface area contributed by atoms with Gasteiger partial charge in [0.15, 0.2) is 0 Å². The van der Waals surface area contributed by atoms with Crippen LogP contribution >= 0.6 is 0 Å². The van der Waals surface area contributed by atoms with E-state index in [1.165, 1.54) is 6.42 Å². The molecular formula is C7H18O6Si3. The van der Waals surface area contributed by atoms with Crippen LogP contribution in [0.4, 0.5) is 0 Å². The monoisotopic (exact) mass is 282 g/mol. The Balaban J connectivity index is 2.09. The van der Waals surface area contributed by atoms with Gasteiger partial charge in [0.2, 0.25) is 0 Å². The normalized spacial score (nSPS) is 40.7. The molecular weight excluding hydrogens is 264 g/mol. The first-order chi connectivity index (χ1) is 7.74. The van der Waals surface area contributed by atoms with Crippen molar-refractivity contribution in [1.82, 2.24) is 0 Å². The Bertz CT molecular complexity index is 226. The van der Waals surface area contributed by atoms with E-state index in [-0.39, 0.29) is 0 Å². The molecule has 1 aliphatic carbocycles. The fraction of sp³-hybridized carbons (Fsp3) is 1.00. The molecule has 2 fully saturated rings. The van der Waals surface area contributed by atoms with Crippen molar-refractivity contribution in [3.63, 3.8) is 0 Å². The maximum Gasteiger partial charge on any atom is 0.488 e. The first-order valence-electron chi connectivity index (χ1n) is 5.36. The Morgan fingerprint density at radius 1 is 1.06 bits per heavy atom. The molecule has 0 aromatic rings. The molecule has 6 nitrogen and oxygen atoms in total. The molecule has 0 radical (unpaired) electrons. The molecule has 94 valence electrons. The Morgan fingerprint density at radius 2 is 1.62 bits per heavy atom. The Morgan fingerprint density at radius 3 is 1.94 bits per heavy atom. The maximum atomic E-state index is 5.85. The first kappa shape index (κ1) is 12.9. The summed E-state index contributed by atoms with van der Waals surface area (Å²) < 4.78 is 33.2. The largest absolute Gasteiger partial charge is 0.488 e. The first-order valence-corrected chi connectivity index (χ1v) is 9.99. The third kappa shape index (κ3) is 2.32. The van der Waals surface area contributed by atoms with Gasteiger partial charge in [0, 0.05) is 26.9 Å². The molecule has 0 spiro atoms. The quantitative estimate of drug-likeness (QED) is 0.672. The smallest absolute Gasteiger partial charge is 0.380 e. The minimum Gasteiger partial charge on any atom is -0.380 e. The molecule has 16 heavy (non-hydrogen) atoms. The van der Waals surface area contributed by atoms with E-state index in [2.05, 4.69) is 0 Å². The molecule has 0 N–H and O–H groups in total. The lowest BCUT2D eigenvalue weighted by atomic mass is 10.00. The van der Waals surface area contributed by atoms with Gasteiger partial charge in [0.1, 0.15) is 0 Å². The maximum absolute atomic E-state index is 5.85. The third-order valence-electron chi connectivity index (χ3n) is 3.02. The zero-order valence-electron chi connectivity index (χ0n) is 9.80. The van der Waals surface area contributed by atoms with Crippen LogP contribution < -0.4 is 0 Å². The summed E-state index contributed by atoms with van der Waals surface area (Å²) in [5.74, 6) is 0. The van der Waals surface area contributed by atoms with Gasteiger partial charge in [-0.05, 0) is 12.8 Å². The van der Waals surface area contributed by atoms with Gasteiger partial charge < -0.3 is 25.6 Å². The van der Waals surface area contributed by atoms with Crippen molar-refractivity contribution >= 4 is 27.9 Å². The van der Waals surface area contributed by atoms with Crippen LogP contribution in [0, 0.1) is 0 Å². The van der Waals surface area contributed by atoms with Gasteiger partial charge in [-0.15, -0.1) is 0 Å². The summed E-state index contributed by atoms with van der Waals surface area (Å²) in [5, 5.41) is 0. The summed E-state index contributed by atoms with van der Waals surface area (Å²) in [6.07, 6.45) is 3.43. The lowest BCUT2D eigenvalue weighted by Crippen LogP contribution is -2.64. The topological polar surface area (TPSA) is 55.4 Å². The van der Waals surface area contributed by atoms with Crippen molar-refractivity contribution in [1.29, 1.82) is 0 Å². The van der Waals surface area contributed by atoms with E-state index in [4.69, 9.17) is 25.6 Å². The Kier molecular flexibility index (Phi) is 4.32. The number of hydrogen-bond donors (Lipinski definition) is 0. The number of rotatable bonds is 4. The van der Waals surface area contributed by atoms with Crippen molar-refractivity contribution in [2.24, 2.45) is 0 Å². The van der Waals surface area contributed by atoms with Crippen molar-refractivity contribution in [2.45, 2.75) is 24.8 Å². The molecule has 2 rings (SSSR count). The van der Waals surface area contributed by atoms with Crippen LogP contribution in [0.2, 0.25) is 5.54 Å². The summed E-state index contributed by atoms with van der Waals surface area (Å²) >= 11 is 0. The number of hydrogen-bond acceptors (Lipinski definition) is 6. The van der Waals surface area contributed by atoms with E-state index in [1.807, 2.05) is 0 Å². The predicted octanol–water partition coefficient (Wildman–Crippen LogP) is -0.0836. The molecule has 2 aliphatic rings. The minimum absolute atomic E-state index is 0.400. The molecule has 1 aliphatic heterocycles. The predicted molar refractivity (Wildman–Crippen MR) is 61.9 cm³/mol. The highest BCUT2D eigenvalue weighted by atomic mass is 28.5. The van der Waals surface area contributed by atoms with E-state index in [0.717, 1.165) is 12.8 Å². The van der Waals surface area contributed by atoms with Gasteiger partial charge in [-0.25, -0.2) is 0 Å². The van der Waals surface area contributed by atoms with Crippen LogP contribution in [0.25, 0.3) is 0 Å². The lowest BCUT2D eigenvalue weighted by Gasteiger charge is -2.45. The molecule has 0 amide bonds. The minimum atomic E-state index is -2.59. The molecule has 1 saturated heterocycles. The van der Waals surface area contributed by atoms with E-state index in [0.29, 0.717) is 5.54 Å². The fourth-order valence-electron chi connectivity index (χ4n) is 1.87. The highest BCUT2D eigenvalue weighted by Gasteiger charge is 2.58. The second kappa shape index (κ2) is 5.37. The fourth-order valence-corrected chi connectivity index (χ4v) is 12.3. The summed E-state index contributed by atoms with van der Waals surface area (Å²) in [5.41, 5.74) is 0.400. The Hall–Kier alpha value is 0.411. The van der Waals surface area contributed by atoms with Gasteiger partial charge in [-0.2, -0.15) is 0 Å². The molecule has 1 saturated carbocycles. The summed E-state index contributed by atoms with van der Waals surface area (Å²) in [7, 11) is -1.97. The van der Waals surface area contributed by atoms with Crippen LogP contribution in [-0.4, -0.2) is 49.2 Å². The molecule has 0 bridgehead atoms. The zero-order valence-corrected chi connectivity index (χ0v) is 13.1. The molecule has 2 atom stereocenters. The van der Waals surface area contributed by atoms with E-state index >= 15 is 0 Å². The van der Waals surface area contributed by atoms with Gasteiger partial charge in [-0.3, -0.25) is 0 Å². The van der Waals surface area contributed by atoms with Crippen LogP contribution in [-0.2, 0) is 25.6 Å². The third-order valence-corrected chi connectivity index (χ3v) is 11.9. The average molecular weight is 282 g/mol. The highest BCUT2D eigenvalue weighted by Crippen LogP contribution is 2.44. The van der Waals surface area contributed by atoms with Crippen molar-refractivity contribution in [3.05, 3.63) is 0 Å². The summed E-state index contributed by atoms with van der Waals surface area (Å²) in [4.78, 5) is 0.